The Morgan fingerprint density at radius 3 is 2.53 bits per heavy atom. The first kappa shape index (κ1) is 33.3. The van der Waals surface area contributed by atoms with Crippen LogP contribution in [0.5, 0.6) is 0 Å². The lowest BCUT2D eigenvalue weighted by Crippen LogP contribution is -2.62. The summed E-state index contributed by atoms with van der Waals surface area (Å²) in [5.41, 5.74) is 1.22. The highest BCUT2D eigenvalue weighted by atomic mass is 32.1. The minimum Gasteiger partial charge on any atom is -0.465 e. The van der Waals surface area contributed by atoms with Crippen molar-refractivity contribution in [3.63, 3.8) is 0 Å². The van der Waals surface area contributed by atoms with E-state index in [1.54, 1.807) is 13.0 Å². The van der Waals surface area contributed by atoms with E-state index in [0.717, 1.165) is 32.1 Å². The highest BCUT2D eigenvalue weighted by Gasteiger charge is 2.65. The summed E-state index contributed by atoms with van der Waals surface area (Å²) in [4.78, 5) is 25.8. The van der Waals surface area contributed by atoms with Crippen molar-refractivity contribution in [2.45, 2.75) is 125 Å². The van der Waals surface area contributed by atoms with Gasteiger partial charge < -0.3 is 19.7 Å². The van der Waals surface area contributed by atoms with E-state index in [4.69, 9.17) is 22.1 Å². The maximum Gasteiger partial charge on any atom is 0.333 e. The number of allylic oxidation sites excluding steroid dienone is 3. The molecule has 0 bridgehead atoms. The Bertz CT molecular complexity index is 1160. The van der Waals surface area contributed by atoms with Crippen molar-refractivity contribution in [2.75, 3.05) is 6.61 Å². The number of aliphatic hydroxyl groups is 2. The van der Waals surface area contributed by atoms with Crippen molar-refractivity contribution in [3.05, 3.63) is 23.3 Å². The first-order chi connectivity index (χ1) is 20.2. The minimum absolute atomic E-state index is 0.00153. The average molecular weight is 610 g/mol. The summed E-state index contributed by atoms with van der Waals surface area (Å²) in [5.74, 6) is 0.771. The molecule has 0 spiro atoms. The standard InChI is InChI=1S/C33H53B3O6S/c1-5-17(3)29(39)41-16-31-15-24(42-30(40)18(4)6-2)25(43)13-21(31)19-7-8-26-32(35)12-10-23(37)28(34)20(32)9-11-33(26,36)22(19)14-27(31)38/h6-7,17,20-28,37-38,43H,5,8-16,34-36H2,1-4H3/b18-6-/t17?,20?,21?,22?,23-,24-,25+,26?,27+,28+,31+,32+,33+/m0/s1. The van der Waals surface area contributed by atoms with Gasteiger partial charge in [-0.05, 0) is 87.2 Å². The lowest BCUT2D eigenvalue weighted by molar-refractivity contribution is -0.177. The molecule has 4 saturated carbocycles. The molecule has 0 heterocycles. The summed E-state index contributed by atoms with van der Waals surface area (Å²) >= 11 is 4.99. The van der Waals surface area contributed by atoms with Crippen molar-refractivity contribution in [1.82, 2.24) is 0 Å². The molecule has 13 atom stereocenters. The van der Waals surface area contributed by atoms with E-state index in [2.05, 4.69) is 29.6 Å². The lowest BCUT2D eigenvalue weighted by Gasteiger charge is -2.67. The van der Waals surface area contributed by atoms with Crippen molar-refractivity contribution >= 4 is 48.1 Å². The zero-order chi connectivity index (χ0) is 31.5. The molecule has 0 radical (unpaired) electrons. The Kier molecular flexibility index (Phi) is 9.47. The molecule has 6 nitrogen and oxygen atoms in total. The van der Waals surface area contributed by atoms with Gasteiger partial charge >= 0.3 is 11.9 Å². The summed E-state index contributed by atoms with van der Waals surface area (Å²) in [7, 11) is 7.20. The molecule has 5 unspecified atom stereocenters. The molecule has 0 amide bonds. The number of esters is 2. The van der Waals surface area contributed by atoms with Crippen LogP contribution in [0.25, 0.3) is 0 Å². The molecule has 0 aromatic carbocycles. The van der Waals surface area contributed by atoms with Gasteiger partial charge in [-0.2, -0.15) is 12.6 Å². The topological polar surface area (TPSA) is 93.1 Å². The zero-order valence-corrected chi connectivity index (χ0v) is 28.4. The maximum absolute atomic E-state index is 12.9. The molecule has 236 valence electrons. The molecule has 10 heteroatoms. The third kappa shape index (κ3) is 5.41. The highest BCUT2D eigenvalue weighted by molar-refractivity contribution is 7.81. The predicted molar refractivity (Wildman–Crippen MR) is 181 cm³/mol. The molecule has 0 aromatic rings. The van der Waals surface area contributed by atoms with E-state index in [-0.39, 0.29) is 58.3 Å². The number of carbonyl (C=O) groups excluding carboxylic acids is 2. The van der Waals surface area contributed by atoms with Crippen LogP contribution in [0.4, 0.5) is 0 Å². The fourth-order valence-corrected chi connectivity index (χ4v) is 10.9. The second-order valence-corrected chi connectivity index (χ2v) is 16.2. The quantitative estimate of drug-likeness (QED) is 0.141. The van der Waals surface area contributed by atoms with Crippen LogP contribution in [0.15, 0.2) is 23.3 Å². The number of carbonyl (C=O) groups is 2. The molecule has 43 heavy (non-hydrogen) atoms. The second kappa shape index (κ2) is 12.2. The van der Waals surface area contributed by atoms with E-state index in [9.17, 15) is 19.8 Å². The smallest absolute Gasteiger partial charge is 0.333 e. The second-order valence-electron chi connectivity index (χ2n) is 15.5. The number of hydrogen-bond acceptors (Lipinski definition) is 7. The fourth-order valence-electron chi connectivity index (χ4n) is 10.5. The Balaban J connectivity index is 1.50. The molecule has 0 aliphatic heterocycles. The van der Waals surface area contributed by atoms with Gasteiger partial charge in [-0.25, -0.2) is 4.79 Å². The van der Waals surface area contributed by atoms with Gasteiger partial charge in [-0.15, -0.1) is 0 Å². The summed E-state index contributed by atoms with van der Waals surface area (Å²) in [6, 6.07) is 0. The van der Waals surface area contributed by atoms with Crippen molar-refractivity contribution in [1.29, 1.82) is 0 Å². The van der Waals surface area contributed by atoms with Crippen LogP contribution in [0.2, 0.25) is 16.4 Å². The van der Waals surface area contributed by atoms with Crippen LogP contribution in [0, 0.1) is 35.0 Å². The third-order valence-electron chi connectivity index (χ3n) is 13.7. The van der Waals surface area contributed by atoms with Crippen LogP contribution in [-0.2, 0) is 19.1 Å². The monoisotopic (exact) mass is 610 g/mol. The summed E-state index contributed by atoms with van der Waals surface area (Å²) in [6.07, 6.45) is 10.4. The summed E-state index contributed by atoms with van der Waals surface area (Å²) < 4.78 is 12.0. The fraction of sp³-hybridized carbons (Fsp3) is 0.818. The van der Waals surface area contributed by atoms with Crippen molar-refractivity contribution in [3.8, 4) is 0 Å². The first-order valence-electron chi connectivity index (χ1n) is 17.0. The SMILES string of the molecule is B[C@@H]1C2CC[C@@]3(B)C4C[C@@H](O)[C@@]5(COC(=O)C(C)CC)C[C@H](OC(=O)/C(C)=C\C)[C@H](S)CC5C4=CCC3[C@@]2(B)CC[C@@H]1O. The minimum atomic E-state index is -0.729. The Labute approximate surface area is 267 Å². The van der Waals surface area contributed by atoms with E-state index in [1.807, 2.05) is 20.8 Å². The molecule has 5 aliphatic carbocycles. The van der Waals surface area contributed by atoms with Gasteiger partial charge in [0.2, 0.25) is 0 Å². The first-order valence-corrected chi connectivity index (χ1v) is 17.5. The van der Waals surface area contributed by atoms with Gasteiger partial charge in [0.15, 0.2) is 0 Å². The third-order valence-corrected chi connectivity index (χ3v) is 14.2. The summed E-state index contributed by atoms with van der Waals surface area (Å²) in [6.45, 7) is 7.55. The molecule has 5 aliphatic rings. The maximum atomic E-state index is 12.9. The van der Waals surface area contributed by atoms with E-state index in [0.29, 0.717) is 48.9 Å². The number of rotatable bonds is 6. The molecule has 2 N–H and O–H groups in total. The van der Waals surface area contributed by atoms with Crippen LogP contribution >= 0.6 is 12.6 Å². The molecule has 0 saturated heterocycles. The van der Waals surface area contributed by atoms with E-state index >= 15 is 0 Å². The Morgan fingerprint density at radius 2 is 1.86 bits per heavy atom. The van der Waals surface area contributed by atoms with Crippen molar-refractivity contribution < 1.29 is 29.3 Å². The largest absolute Gasteiger partial charge is 0.465 e. The van der Waals surface area contributed by atoms with Gasteiger partial charge in [-0.1, -0.05) is 56.1 Å². The Morgan fingerprint density at radius 1 is 1.16 bits per heavy atom. The van der Waals surface area contributed by atoms with Crippen molar-refractivity contribution in [2.24, 2.45) is 35.0 Å². The van der Waals surface area contributed by atoms with E-state index < -0.39 is 17.6 Å². The number of thiol groups is 1. The Hall–Kier alpha value is -1.12. The molecular formula is C33H53B3O6S. The van der Waals surface area contributed by atoms with Gasteiger partial charge in [-0.3, -0.25) is 4.79 Å². The van der Waals surface area contributed by atoms with Gasteiger partial charge in [0.1, 0.15) is 36.2 Å². The van der Waals surface area contributed by atoms with Gasteiger partial charge in [0.25, 0.3) is 0 Å². The molecular weight excluding hydrogens is 557 g/mol. The molecule has 4 fully saturated rings. The number of fused-ring (bicyclic) bond motifs is 7. The number of ether oxygens (including phenoxy) is 2. The predicted octanol–water partition coefficient (Wildman–Crippen LogP) is 3.05. The normalized spacial score (nSPS) is 46.6. The lowest BCUT2D eigenvalue weighted by atomic mass is 9.29. The molecule has 0 aromatic heterocycles. The summed E-state index contributed by atoms with van der Waals surface area (Å²) in [5, 5.41) is 23.0. The highest BCUT2D eigenvalue weighted by Crippen LogP contribution is 2.74. The number of hydrogen-bond donors (Lipinski definition) is 3. The van der Waals surface area contributed by atoms with Crippen LogP contribution < -0.4 is 0 Å². The van der Waals surface area contributed by atoms with Crippen LogP contribution in [0.1, 0.15) is 85.5 Å². The van der Waals surface area contributed by atoms with Gasteiger partial charge in [0.05, 0.1) is 12.0 Å². The number of aliphatic hydroxyl groups excluding tert-OH is 2. The van der Waals surface area contributed by atoms with Crippen LogP contribution in [-0.4, -0.2) is 75.9 Å². The van der Waals surface area contributed by atoms with Crippen LogP contribution in [0.3, 0.4) is 0 Å². The molecule has 5 rings (SSSR count). The van der Waals surface area contributed by atoms with E-state index in [1.165, 1.54) is 5.57 Å². The average Bonchev–Trinajstić information content (AvgIpc) is 2.98. The van der Waals surface area contributed by atoms with Gasteiger partial charge in [0, 0.05) is 22.3 Å². The zero-order valence-electron chi connectivity index (χ0n) is 27.5.